The second kappa shape index (κ2) is 10.3. The molecule has 5 rings (SSSR count). The molecule has 2 amide bonds. The second-order valence-electron chi connectivity index (χ2n) is 11.0. The molecule has 2 aromatic carbocycles. The van der Waals surface area contributed by atoms with Crippen molar-refractivity contribution in [3.63, 3.8) is 0 Å². The van der Waals surface area contributed by atoms with E-state index in [9.17, 15) is 24.8 Å². The summed E-state index contributed by atoms with van der Waals surface area (Å²) < 4.78 is 0. The molecule has 0 radical (unpaired) electrons. The number of nitriles is 1. The highest BCUT2D eigenvalue weighted by Crippen LogP contribution is 2.53. The molecule has 2 saturated heterocycles. The molecule has 4 atom stereocenters. The van der Waals surface area contributed by atoms with Crippen LogP contribution in [0, 0.1) is 29.1 Å². The van der Waals surface area contributed by atoms with Crippen LogP contribution in [-0.2, 0) is 27.2 Å². The summed E-state index contributed by atoms with van der Waals surface area (Å²) in [6.45, 7) is 3.99. The molecular weight excluding hydrogens is 478 g/mol. The number of carbonyl (C=O) groups is 3. The van der Waals surface area contributed by atoms with E-state index < -0.39 is 35.3 Å². The molecule has 4 unspecified atom stereocenters. The number of carbonyl (C=O) groups excluding carboxylic acids is 2. The highest BCUT2D eigenvalue weighted by molar-refractivity contribution is 6.25. The summed E-state index contributed by atoms with van der Waals surface area (Å²) in [4.78, 5) is 43.1. The van der Waals surface area contributed by atoms with E-state index in [1.165, 1.54) is 4.90 Å². The fourth-order valence-electron chi connectivity index (χ4n) is 7.10. The first-order valence-corrected chi connectivity index (χ1v) is 13.9. The average Bonchev–Trinajstić information content (AvgIpc) is 3.42. The summed E-state index contributed by atoms with van der Waals surface area (Å²) >= 11 is 0. The number of imide groups is 1. The predicted octanol–water partition coefficient (Wildman–Crippen LogP) is 4.93. The fourth-order valence-corrected chi connectivity index (χ4v) is 7.10. The van der Waals surface area contributed by atoms with Crippen molar-refractivity contribution in [2.24, 2.45) is 17.8 Å². The van der Waals surface area contributed by atoms with Crippen LogP contribution in [0.3, 0.4) is 0 Å². The van der Waals surface area contributed by atoms with Crippen LogP contribution in [0.1, 0.15) is 80.7 Å². The topological polar surface area (TPSA) is 110 Å². The first kappa shape index (κ1) is 26.1. The van der Waals surface area contributed by atoms with Crippen molar-refractivity contribution >= 4 is 23.5 Å². The van der Waals surface area contributed by atoms with Crippen LogP contribution in [0.5, 0.6) is 0 Å². The number of carboxylic acid groups (broad SMARTS) is 1. The van der Waals surface area contributed by atoms with Crippen LogP contribution in [0.2, 0.25) is 0 Å². The van der Waals surface area contributed by atoms with Crippen LogP contribution in [0.25, 0.3) is 0 Å². The number of fused-ring (bicyclic) bond motifs is 1. The minimum atomic E-state index is -1.54. The molecule has 0 spiro atoms. The third-order valence-electron chi connectivity index (χ3n) is 8.96. The van der Waals surface area contributed by atoms with E-state index in [0.29, 0.717) is 36.1 Å². The Morgan fingerprint density at radius 2 is 1.66 bits per heavy atom. The number of nitrogens with one attached hydrogen (secondary N) is 1. The van der Waals surface area contributed by atoms with Crippen LogP contribution < -0.4 is 10.2 Å². The minimum Gasteiger partial charge on any atom is -0.480 e. The molecule has 7 nitrogen and oxygen atoms in total. The number of benzene rings is 2. The first-order valence-electron chi connectivity index (χ1n) is 13.9. The quantitative estimate of drug-likeness (QED) is 0.508. The maximum atomic E-state index is 14.3. The van der Waals surface area contributed by atoms with Gasteiger partial charge in [0.25, 0.3) is 0 Å². The fraction of sp³-hybridized carbons (Fsp3) is 0.484. The number of carboxylic acids is 1. The van der Waals surface area contributed by atoms with E-state index >= 15 is 0 Å². The number of hydrogen-bond acceptors (Lipinski definition) is 5. The maximum absolute atomic E-state index is 14.3. The van der Waals surface area contributed by atoms with Crippen molar-refractivity contribution in [2.75, 3.05) is 4.90 Å². The Labute approximate surface area is 223 Å². The van der Waals surface area contributed by atoms with E-state index in [2.05, 4.69) is 11.4 Å². The van der Waals surface area contributed by atoms with Gasteiger partial charge in [0.15, 0.2) is 0 Å². The van der Waals surface area contributed by atoms with Gasteiger partial charge in [-0.05, 0) is 54.0 Å². The zero-order valence-corrected chi connectivity index (χ0v) is 22.1. The number of para-hydroxylation sites is 1. The van der Waals surface area contributed by atoms with Gasteiger partial charge >= 0.3 is 5.97 Å². The molecule has 38 heavy (non-hydrogen) atoms. The number of rotatable bonds is 7. The smallest absolute Gasteiger partial charge is 0.324 e. The van der Waals surface area contributed by atoms with E-state index in [1.807, 2.05) is 32.0 Å². The van der Waals surface area contributed by atoms with E-state index in [-0.39, 0.29) is 11.8 Å². The van der Waals surface area contributed by atoms with Gasteiger partial charge in [-0.2, -0.15) is 5.26 Å². The van der Waals surface area contributed by atoms with Gasteiger partial charge in [-0.3, -0.25) is 19.7 Å². The lowest BCUT2D eigenvalue weighted by Crippen LogP contribution is -2.57. The van der Waals surface area contributed by atoms with Gasteiger partial charge in [0.1, 0.15) is 5.54 Å². The summed E-state index contributed by atoms with van der Waals surface area (Å²) in [6, 6.07) is 14.2. The Kier molecular flexibility index (Phi) is 7.11. The third-order valence-corrected chi connectivity index (χ3v) is 8.96. The van der Waals surface area contributed by atoms with Gasteiger partial charge in [-0.25, -0.2) is 4.90 Å². The molecule has 1 saturated carbocycles. The molecule has 2 N–H and O–H groups in total. The summed E-state index contributed by atoms with van der Waals surface area (Å²) in [5, 5.41) is 23.4. The highest BCUT2D eigenvalue weighted by atomic mass is 16.4. The number of hydrogen-bond donors (Lipinski definition) is 2. The standard InChI is InChI=1S/C31H35N3O4/c1-3-21-11-8-12-22(4-2)27(21)34-28(35)24-25(29(34)36)31(30(37)38,17-19-9-6-5-7-10-19)33-26(24)23-15-13-20(18-32)14-16-23/h8,11-16,19,24-26,33H,3-7,9-10,17H2,1-2H3,(H,37,38). The monoisotopic (exact) mass is 513 g/mol. The van der Waals surface area contributed by atoms with Crippen LogP contribution in [0.15, 0.2) is 42.5 Å². The Hall–Kier alpha value is -3.50. The largest absolute Gasteiger partial charge is 0.480 e. The normalized spacial score (nSPS) is 27.4. The Bertz CT molecular complexity index is 1270. The molecule has 2 aromatic rings. The number of aliphatic carboxylic acids is 1. The Morgan fingerprint density at radius 1 is 1.03 bits per heavy atom. The number of nitrogens with zero attached hydrogens (tertiary/aromatic N) is 2. The molecule has 0 bridgehead atoms. The number of amides is 2. The summed E-state index contributed by atoms with van der Waals surface area (Å²) in [5.74, 6) is -3.51. The Morgan fingerprint density at radius 3 is 2.21 bits per heavy atom. The van der Waals surface area contributed by atoms with Crippen molar-refractivity contribution in [3.05, 3.63) is 64.7 Å². The molecule has 3 aliphatic rings. The lowest BCUT2D eigenvalue weighted by atomic mass is 9.72. The van der Waals surface area contributed by atoms with Gasteiger partial charge < -0.3 is 5.11 Å². The molecule has 7 heteroatoms. The van der Waals surface area contributed by atoms with E-state index in [0.717, 1.165) is 43.2 Å². The van der Waals surface area contributed by atoms with Gasteiger partial charge in [0.2, 0.25) is 11.8 Å². The van der Waals surface area contributed by atoms with Gasteiger partial charge in [-0.1, -0.05) is 76.3 Å². The third kappa shape index (κ3) is 4.12. The summed E-state index contributed by atoms with van der Waals surface area (Å²) in [5.41, 5.74) is 2.09. The lowest BCUT2D eigenvalue weighted by molar-refractivity contribution is -0.150. The molecule has 2 heterocycles. The van der Waals surface area contributed by atoms with Gasteiger partial charge in [0.05, 0.1) is 29.2 Å². The number of aryl methyl sites for hydroxylation is 2. The maximum Gasteiger partial charge on any atom is 0.324 e. The van der Waals surface area contributed by atoms with Crippen molar-refractivity contribution in [1.82, 2.24) is 5.32 Å². The molecule has 3 fully saturated rings. The van der Waals surface area contributed by atoms with Gasteiger partial charge in [-0.15, -0.1) is 0 Å². The molecule has 2 aliphatic heterocycles. The van der Waals surface area contributed by atoms with Gasteiger partial charge in [0, 0.05) is 6.04 Å². The highest BCUT2D eigenvalue weighted by Gasteiger charge is 2.69. The minimum absolute atomic E-state index is 0.179. The van der Waals surface area contributed by atoms with Crippen molar-refractivity contribution in [3.8, 4) is 6.07 Å². The molecule has 198 valence electrons. The predicted molar refractivity (Wildman–Crippen MR) is 143 cm³/mol. The van der Waals surface area contributed by atoms with Crippen molar-refractivity contribution in [2.45, 2.75) is 76.8 Å². The lowest BCUT2D eigenvalue weighted by Gasteiger charge is -2.36. The Balaban J connectivity index is 1.65. The van der Waals surface area contributed by atoms with Crippen molar-refractivity contribution < 1.29 is 19.5 Å². The zero-order valence-electron chi connectivity index (χ0n) is 22.1. The van der Waals surface area contributed by atoms with E-state index in [1.54, 1.807) is 24.3 Å². The summed E-state index contributed by atoms with van der Waals surface area (Å²) in [7, 11) is 0. The SMILES string of the molecule is CCc1cccc(CC)c1N1C(=O)C2C(c3ccc(C#N)cc3)NC(CC3CCCCC3)(C(=O)O)C2C1=O. The molecule has 1 aliphatic carbocycles. The summed E-state index contributed by atoms with van der Waals surface area (Å²) in [6.07, 6.45) is 6.73. The molecular formula is C31H35N3O4. The van der Waals surface area contributed by atoms with Crippen LogP contribution in [0.4, 0.5) is 5.69 Å². The zero-order chi connectivity index (χ0) is 27.0. The van der Waals surface area contributed by atoms with Crippen LogP contribution >= 0.6 is 0 Å². The van der Waals surface area contributed by atoms with Crippen LogP contribution in [-0.4, -0.2) is 28.4 Å². The van der Waals surface area contributed by atoms with E-state index in [4.69, 9.17) is 0 Å². The first-order chi connectivity index (χ1) is 18.4. The van der Waals surface area contributed by atoms with Crippen molar-refractivity contribution in [1.29, 1.82) is 5.26 Å². The second-order valence-corrected chi connectivity index (χ2v) is 11.0. The average molecular weight is 514 g/mol. The molecule has 0 aromatic heterocycles. The number of anilines is 1.